The lowest BCUT2D eigenvalue weighted by molar-refractivity contribution is 0.0507. The Morgan fingerprint density at radius 2 is 2.18 bits per heavy atom. The zero-order valence-corrected chi connectivity index (χ0v) is 15.3. The van der Waals surface area contributed by atoms with Gasteiger partial charge in [0.15, 0.2) is 0 Å². The molecule has 4 nitrogen and oxygen atoms in total. The molecule has 2 atom stereocenters. The number of fused-ring (bicyclic) bond motifs is 1. The molecule has 5 heteroatoms. The van der Waals surface area contributed by atoms with Crippen LogP contribution in [0.3, 0.4) is 0 Å². The van der Waals surface area contributed by atoms with Crippen LogP contribution in [0.2, 0.25) is 0 Å². The van der Waals surface area contributed by atoms with Crippen LogP contribution >= 0.6 is 15.9 Å². The SMILES string of the molecule is CC(CNC1CCc2cc(Br)ccc21)NC(=O)OC(C)(C)C. The Kier molecular flexibility index (Phi) is 5.50. The van der Waals surface area contributed by atoms with Gasteiger partial charge in [0.05, 0.1) is 0 Å². The fourth-order valence-corrected chi connectivity index (χ4v) is 3.09. The van der Waals surface area contributed by atoms with Crippen LogP contribution in [0.5, 0.6) is 0 Å². The molecule has 0 aromatic heterocycles. The second-order valence-corrected chi connectivity index (χ2v) is 7.81. The Balaban J connectivity index is 1.81. The van der Waals surface area contributed by atoms with Crippen molar-refractivity contribution in [2.75, 3.05) is 6.54 Å². The third-order valence-corrected chi connectivity index (χ3v) is 4.11. The highest BCUT2D eigenvalue weighted by atomic mass is 79.9. The first-order chi connectivity index (χ1) is 10.2. The van der Waals surface area contributed by atoms with Crippen molar-refractivity contribution >= 4 is 22.0 Å². The number of ether oxygens (including phenoxy) is 1. The summed E-state index contributed by atoms with van der Waals surface area (Å²) in [7, 11) is 0. The van der Waals surface area contributed by atoms with E-state index in [1.807, 2.05) is 27.7 Å². The first-order valence-corrected chi connectivity index (χ1v) is 8.55. The maximum Gasteiger partial charge on any atom is 0.407 e. The van der Waals surface area contributed by atoms with Crippen molar-refractivity contribution in [3.05, 3.63) is 33.8 Å². The smallest absolute Gasteiger partial charge is 0.407 e. The average Bonchev–Trinajstić information content (AvgIpc) is 2.76. The number of hydrogen-bond acceptors (Lipinski definition) is 3. The van der Waals surface area contributed by atoms with Crippen LogP contribution in [0.1, 0.15) is 51.3 Å². The van der Waals surface area contributed by atoms with Crippen molar-refractivity contribution in [1.29, 1.82) is 0 Å². The van der Waals surface area contributed by atoms with Crippen LogP contribution in [-0.2, 0) is 11.2 Å². The topological polar surface area (TPSA) is 50.4 Å². The summed E-state index contributed by atoms with van der Waals surface area (Å²) in [4.78, 5) is 11.7. The van der Waals surface area contributed by atoms with Crippen LogP contribution in [0.25, 0.3) is 0 Å². The fraction of sp³-hybridized carbons (Fsp3) is 0.588. The minimum Gasteiger partial charge on any atom is -0.444 e. The van der Waals surface area contributed by atoms with Crippen LogP contribution in [0.15, 0.2) is 22.7 Å². The largest absolute Gasteiger partial charge is 0.444 e. The van der Waals surface area contributed by atoms with Gasteiger partial charge in [-0.1, -0.05) is 22.0 Å². The van der Waals surface area contributed by atoms with Gasteiger partial charge in [-0.25, -0.2) is 4.79 Å². The van der Waals surface area contributed by atoms with Gasteiger partial charge >= 0.3 is 6.09 Å². The molecule has 2 N–H and O–H groups in total. The molecule has 0 radical (unpaired) electrons. The Hall–Kier alpha value is -1.07. The second-order valence-electron chi connectivity index (χ2n) is 6.89. The molecular formula is C17H25BrN2O2. The number of amides is 1. The zero-order valence-electron chi connectivity index (χ0n) is 13.7. The van der Waals surface area contributed by atoms with Crippen LogP contribution < -0.4 is 10.6 Å². The zero-order chi connectivity index (χ0) is 16.3. The van der Waals surface area contributed by atoms with Crippen molar-refractivity contribution in [3.63, 3.8) is 0 Å². The van der Waals surface area contributed by atoms with E-state index >= 15 is 0 Å². The van der Waals surface area contributed by atoms with Crippen molar-refractivity contribution < 1.29 is 9.53 Å². The number of carbonyl (C=O) groups is 1. The molecule has 0 saturated carbocycles. The third-order valence-electron chi connectivity index (χ3n) is 3.62. The lowest BCUT2D eigenvalue weighted by Gasteiger charge is -2.23. The van der Waals surface area contributed by atoms with Crippen LogP contribution in [0, 0.1) is 0 Å². The van der Waals surface area contributed by atoms with Gasteiger partial charge in [-0.05, 0) is 63.8 Å². The van der Waals surface area contributed by atoms with Crippen LogP contribution in [-0.4, -0.2) is 24.3 Å². The molecule has 0 bridgehead atoms. The predicted molar refractivity (Wildman–Crippen MR) is 92.0 cm³/mol. The molecule has 0 heterocycles. The van der Waals surface area contributed by atoms with Crippen molar-refractivity contribution in [1.82, 2.24) is 10.6 Å². The fourth-order valence-electron chi connectivity index (χ4n) is 2.68. The summed E-state index contributed by atoms with van der Waals surface area (Å²) < 4.78 is 6.40. The van der Waals surface area contributed by atoms with Crippen molar-refractivity contribution in [2.24, 2.45) is 0 Å². The number of nitrogens with one attached hydrogen (secondary N) is 2. The predicted octanol–water partition coefficient (Wildman–Crippen LogP) is 3.94. The Morgan fingerprint density at radius 1 is 1.45 bits per heavy atom. The maximum atomic E-state index is 11.7. The summed E-state index contributed by atoms with van der Waals surface area (Å²) in [6, 6.07) is 6.84. The van der Waals surface area contributed by atoms with Gasteiger partial charge in [0.2, 0.25) is 0 Å². The first kappa shape index (κ1) is 17.3. The molecule has 1 aromatic carbocycles. The van der Waals surface area contributed by atoms with E-state index in [1.54, 1.807) is 0 Å². The highest BCUT2D eigenvalue weighted by Gasteiger charge is 2.23. The first-order valence-electron chi connectivity index (χ1n) is 7.76. The van der Waals surface area contributed by atoms with E-state index in [0.29, 0.717) is 6.04 Å². The molecule has 122 valence electrons. The molecule has 1 aromatic rings. The van der Waals surface area contributed by atoms with Gasteiger partial charge in [0.1, 0.15) is 5.60 Å². The van der Waals surface area contributed by atoms with E-state index in [0.717, 1.165) is 23.9 Å². The lowest BCUT2D eigenvalue weighted by atomic mass is 10.1. The summed E-state index contributed by atoms with van der Waals surface area (Å²) >= 11 is 3.52. The summed E-state index contributed by atoms with van der Waals surface area (Å²) in [6.45, 7) is 8.29. The number of rotatable bonds is 4. The minimum absolute atomic E-state index is 0.0225. The molecule has 2 rings (SSSR count). The normalized spacial score (nSPS) is 18.7. The minimum atomic E-state index is -0.463. The second kappa shape index (κ2) is 7.01. The number of carbonyl (C=O) groups excluding carboxylic acids is 1. The van der Waals surface area contributed by atoms with E-state index in [9.17, 15) is 4.79 Å². The molecule has 22 heavy (non-hydrogen) atoms. The third kappa shape index (κ3) is 4.99. The molecule has 0 spiro atoms. The van der Waals surface area contributed by atoms with Gasteiger partial charge < -0.3 is 15.4 Å². The van der Waals surface area contributed by atoms with Gasteiger partial charge in [0, 0.05) is 23.1 Å². The monoisotopic (exact) mass is 368 g/mol. The average molecular weight is 369 g/mol. The molecular weight excluding hydrogens is 344 g/mol. The van der Waals surface area contributed by atoms with Crippen molar-refractivity contribution in [2.45, 2.75) is 58.2 Å². The van der Waals surface area contributed by atoms with E-state index < -0.39 is 5.60 Å². The number of halogens is 1. The number of benzene rings is 1. The molecule has 2 unspecified atom stereocenters. The van der Waals surface area contributed by atoms with E-state index in [4.69, 9.17) is 4.74 Å². The molecule has 1 aliphatic carbocycles. The van der Waals surface area contributed by atoms with Gasteiger partial charge in [0.25, 0.3) is 0 Å². The van der Waals surface area contributed by atoms with Gasteiger partial charge in [-0.2, -0.15) is 0 Å². The highest BCUT2D eigenvalue weighted by Crippen LogP contribution is 2.32. The van der Waals surface area contributed by atoms with Crippen LogP contribution in [0.4, 0.5) is 4.79 Å². The lowest BCUT2D eigenvalue weighted by Crippen LogP contribution is -2.43. The maximum absolute atomic E-state index is 11.7. The van der Waals surface area contributed by atoms with Crippen molar-refractivity contribution in [3.8, 4) is 0 Å². The quantitative estimate of drug-likeness (QED) is 0.845. The summed E-state index contributed by atoms with van der Waals surface area (Å²) in [5.74, 6) is 0. The Labute approximate surface area is 141 Å². The number of alkyl carbamates (subject to hydrolysis) is 1. The molecule has 1 amide bonds. The van der Waals surface area contributed by atoms with Gasteiger partial charge in [-0.15, -0.1) is 0 Å². The molecule has 0 saturated heterocycles. The Morgan fingerprint density at radius 3 is 2.86 bits per heavy atom. The summed E-state index contributed by atoms with van der Waals surface area (Å²) in [5.41, 5.74) is 2.31. The van der Waals surface area contributed by atoms with E-state index in [1.165, 1.54) is 11.1 Å². The van der Waals surface area contributed by atoms with E-state index in [2.05, 4.69) is 44.8 Å². The summed E-state index contributed by atoms with van der Waals surface area (Å²) in [6.07, 6.45) is 1.84. The molecule has 1 aliphatic rings. The number of hydrogen-bond donors (Lipinski definition) is 2. The highest BCUT2D eigenvalue weighted by molar-refractivity contribution is 9.10. The van der Waals surface area contributed by atoms with Gasteiger partial charge in [-0.3, -0.25) is 0 Å². The number of aryl methyl sites for hydroxylation is 1. The molecule has 0 fully saturated rings. The Bertz CT molecular complexity index is 540. The summed E-state index contributed by atoms with van der Waals surface area (Å²) in [5, 5.41) is 6.40. The molecule has 0 aliphatic heterocycles. The standard InChI is InChI=1S/C17H25BrN2O2/c1-11(20-16(21)22-17(2,3)4)10-19-15-8-5-12-9-13(18)6-7-14(12)15/h6-7,9,11,15,19H,5,8,10H2,1-4H3,(H,20,21). The van der Waals surface area contributed by atoms with E-state index in [-0.39, 0.29) is 12.1 Å².